The van der Waals surface area contributed by atoms with E-state index in [4.69, 9.17) is 13.8 Å². The van der Waals surface area contributed by atoms with Gasteiger partial charge in [0.05, 0.1) is 25.4 Å². The summed E-state index contributed by atoms with van der Waals surface area (Å²) < 4.78 is 28.4. The summed E-state index contributed by atoms with van der Waals surface area (Å²) in [5, 5.41) is 21.4. The van der Waals surface area contributed by atoms with Gasteiger partial charge in [-0.2, -0.15) is 0 Å². The van der Waals surface area contributed by atoms with Crippen LogP contribution in [0.1, 0.15) is 48.5 Å². The molecule has 0 fully saturated rings. The standard InChI is InChI=1S/C17H34NO8PS/c1-11(2)26-15(21)12(3)18-27(23,25-10-14(20)13(4)19)24-8-9-28-16(22)17(5,6)7/h11-14,19-20H,8-10H2,1-7H3,(H,18,23). The molecule has 0 aromatic heterocycles. The van der Waals surface area contributed by atoms with E-state index in [9.17, 15) is 24.4 Å². The smallest absolute Gasteiger partial charge is 0.406 e. The second-order valence-electron chi connectivity index (χ2n) is 7.66. The average Bonchev–Trinajstić information content (AvgIpc) is 2.54. The number of aliphatic hydroxyl groups excluding tert-OH is 2. The lowest BCUT2D eigenvalue weighted by Gasteiger charge is -2.24. The molecule has 4 atom stereocenters. The average molecular weight is 443 g/mol. The number of hydrogen-bond donors (Lipinski definition) is 3. The van der Waals surface area contributed by atoms with Crippen LogP contribution in [0.4, 0.5) is 0 Å². The Morgan fingerprint density at radius 3 is 2.14 bits per heavy atom. The fourth-order valence-electron chi connectivity index (χ4n) is 1.56. The Balaban J connectivity index is 4.90. The van der Waals surface area contributed by atoms with E-state index in [1.54, 1.807) is 34.6 Å². The third kappa shape index (κ3) is 11.5. The van der Waals surface area contributed by atoms with Crippen molar-refractivity contribution in [3.63, 3.8) is 0 Å². The normalized spacial score (nSPS) is 17.6. The van der Waals surface area contributed by atoms with E-state index in [0.29, 0.717) is 0 Å². The van der Waals surface area contributed by atoms with Crippen LogP contribution in [-0.2, 0) is 27.9 Å². The van der Waals surface area contributed by atoms with E-state index in [1.165, 1.54) is 13.8 Å². The highest BCUT2D eigenvalue weighted by Crippen LogP contribution is 2.44. The van der Waals surface area contributed by atoms with E-state index in [-0.39, 0.29) is 23.6 Å². The summed E-state index contributed by atoms with van der Waals surface area (Å²) in [5.41, 5.74) is -0.514. The van der Waals surface area contributed by atoms with Gasteiger partial charge in [0, 0.05) is 11.2 Å². The second kappa shape index (κ2) is 12.3. The Morgan fingerprint density at radius 2 is 1.68 bits per heavy atom. The van der Waals surface area contributed by atoms with Crippen LogP contribution in [0.5, 0.6) is 0 Å². The molecule has 0 aliphatic carbocycles. The number of rotatable bonds is 12. The Labute approximate surface area is 171 Å². The van der Waals surface area contributed by atoms with Gasteiger partial charge in [-0.05, 0) is 27.7 Å². The molecule has 0 saturated heterocycles. The van der Waals surface area contributed by atoms with Crippen molar-refractivity contribution in [1.82, 2.24) is 5.09 Å². The van der Waals surface area contributed by atoms with Crippen LogP contribution in [0.2, 0.25) is 0 Å². The molecular formula is C17H34NO8PS. The Bertz CT molecular complexity index is 550. The van der Waals surface area contributed by atoms with Gasteiger partial charge in [-0.1, -0.05) is 32.5 Å². The van der Waals surface area contributed by atoms with Crippen LogP contribution in [0, 0.1) is 5.41 Å². The summed E-state index contributed by atoms with van der Waals surface area (Å²) in [4.78, 5) is 23.9. The number of thioether (sulfide) groups is 1. The number of carbonyl (C=O) groups excluding carboxylic acids is 2. The Morgan fingerprint density at radius 1 is 1.11 bits per heavy atom. The van der Waals surface area contributed by atoms with Gasteiger partial charge >= 0.3 is 13.7 Å². The quantitative estimate of drug-likeness (QED) is 0.234. The molecule has 28 heavy (non-hydrogen) atoms. The predicted molar refractivity (Wildman–Crippen MR) is 108 cm³/mol. The first-order chi connectivity index (χ1) is 12.7. The zero-order valence-electron chi connectivity index (χ0n) is 17.6. The van der Waals surface area contributed by atoms with Gasteiger partial charge in [-0.15, -0.1) is 0 Å². The molecule has 0 aliphatic rings. The number of aliphatic hydroxyl groups is 2. The van der Waals surface area contributed by atoms with Gasteiger partial charge < -0.3 is 14.9 Å². The van der Waals surface area contributed by atoms with Gasteiger partial charge in [0.25, 0.3) is 0 Å². The van der Waals surface area contributed by atoms with E-state index in [0.717, 1.165) is 11.8 Å². The first-order valence-electron chi connectivity index (χ1n) is 9.08. The largest absolute Gasteiger partial charge is 0.462 e. The maximum absolute atomic E-state index is 12.9. The number of hydrogen-bond acceptors (Lipinski definition) is 9. The van der Waals surface area contributed by atoms with Crippen molar-refractivity contribution in [3.8, 4) is 0 Å². The molecule has 0 radical (unpaired) electrons. The zero-order chi connectivity index (χ0) is 22.1. The molecule has 0 aromatic carbocycles. The molecule has 166 valence electrons. The molecule has 0 aliphatic heterocycles. The van der Waals surface area contributed by atoms with Crippen LogP contribution >= 0.6 is 19.5 Å². The van der Waals surface area contributed by atoms with Crippen LogP contribution < -0.4 is 5.09 Å². The van der Waals surface area contributed by atoms with Gasteiger partial charge in [0.2, 0.25) is 0 Å². The summed E-state index contributed by atoms with van der Waals surface area (Å²) in [5.74, 6) is -0.412. The van der Waals surface area contributed by atoms with Crippen LogP contribution in [0.3, 0.4) is 0 Å². The second-order valence-corrected chi connectivity index (χ2v) is 10.5. The highest BCUT2D eigenvalue weighted by atomic mass is 32.2. The lowest BCUT2D eigenvalue weighted by Crippen LogP contribution is -2.37. The molecule has 0 bridgehead atoms. The third-order valence-electron chi connectivity index (χ3n) is 3.22. The maximum Gasteiger partial charge on any atom is 0.406 e. The number of esters is 1. The van der Waals surface area contributed by atoms with E-state index >= 15 is 0 Å². The molecule has 4 unspecified atom stereocenters. The van der Waals surface area contributed by atoms with Crippen LogP contribution in [0.15, 0.2) is 0 Å². The first kappa shape index (κ1) is 27.5. The van der Waals surface area contributed by atoms with Crippen LogP contribution in [0.25, 0.3) is 0 Å². The molecule has 0 amide bonds. The number of ether oxygens (including phenoxy) is 1. The third-order valence-corrected chi connectivity index (χ3v) is 6.18. The highest BCUT2D eigenvalue weighted by Gasteiger charge is 2.32. The summed E-state index contributed by atoms with van der Waals surface area (Å²) in [6.45, 7) is 11.0. The molecule has 3 N–H and O–H groups in total. The summed E-state index contributed by atoms with van der Waals surface area (Å²) in [6.07, 6.45) is -2.74. The predicted octanol–water partition coefficient (Wildman–Crippen LogP) is 2.11. The van der Waals surface area contributed by atoms with E-state index < -0.39 is 44.0 Å². The monoisotopic (exact) mass is 443 g/mol. The van der Waals surface area contributed by atoms with Gasteiger partial charge in [-0.3, -0.25) is 18.6 Å². The van der Waals surface area contributed by atoms with Crippen molar-refractivity contribution in [2.45, 2.75) is 72.8 Å². The van der Waals surface area contributed by atoms with E-state index in [1.807, 2.05) is 0 Å². The zero-order valence-corrected chi connectivity index (χ0v) is 19.3. The van der Waals surface area contributed by atoms with Crippen LogP contribution in [-0.4, -0.2) is 64.6 Å². The topological polar surface area (TPSA) is 131 Å². The molecule has 11 heteroatoms. The minimum atomic E-state index is -4.01. The molecule has 0 heterocycles. The van der Waals surface area contributed by atoms with Crippen molar-refractivity contribution in [2.75, 3.05) is 19.0 Å². The molecule has 0 saturated carbocycles. The Kier molecular flexibility index (Phi) is 12.1. The fraction of sp³-hybridized carbons (Fsp3) is 0.882. The summed E-state index contributed by atoms with van der Waals surface area (Å²) in [7, 11) is -4.01. The fourth-order valence-corrected chi connectivity index (χ4v) is 3.95. The summed E-state index contributed by atoms with van der Waals surface area (Å²) in [6, 6.07) is -0.999. The van der Waals surface area contributed by atoms with Crippen molar-refractivity contribution >= 4 is 30.6 Å². The maximum atomic E-state index is 12.9. The lowest BCUT2D eigenvalue weighted by molar-refractivity contribution is -0.149. The molecule has 0 aromatic rings. The molecule has 0 rings (SSSR count). The van der Waals surface area contributed by atoms with E-state index in [2.05, 4.69) is 5.09 Å². The molecule has 0 spiro atoms. The van der Waals surface area contributed by atoms with Crippen molar-refractivity contribution in [3.05, 3.63) is 0 Å². The minimum Gasteiger partial charge on any atom is -0.462 e. The Hall–Kier alpha value is -0.480. The number of nitrogens with one attached hydrogen (secondary N) is 1. The van der Waals surface area contributed by atoms with Crippen molar-refractivity contribution in [2.24, 2.45) is 5.41 Å². The lowest BCUT2D eigenvalue weighted by atomic mass is 10.00. The number of carbonyl (C=O) groups is 2. The minimum absolute atomic E-state index is 0.0433. The van der Waals surface area contributed by atoms with Gasteiger partial charge in [0.1, 0.15) is 12.1 Å². The molecular weight excluding hydrogens is 409 g/mol. The van der Waals surface area contributed by atoms with Gasteiger partial charge in [0.15, 0.2) is 5.12 Å². The van der Waals surface area contributed by atoms with Crippen molar-refractivity contribution < 1.29 is 38.2 Å². The van der Waals surface area contributed by atoms with Crippen molar-refractivity contribution in [1.29, 1.82) is 0 Å². The SMILES string of the molecule is CC(C)OC(=O)C(C)NP(=O)(OCCSC(=O)C(C)(C)C)OCC(O)C(C)O. The molecule has 9 nitrogen and oxygen atoms in total. The summed E-state index contributed by atoms with van der Waals surface area (Å²) >= 11 is 1.04. The highest BCUT2D eigenvalue weighted by molar-refractivity contribution is 8.13. The first-order valence-corrected chi connectivity index (χ1v) is 11.6. The van der Waals surface area contributed by atoms with Gasteiger partial charge in [-0.25, -0.2) is 9.65 Å².